The molecule has 0 aliphatic carbocycles. The van der Waals surface area contributed by atoms with Gasteiger partial charge in [0.05, 0.1) is 0 Å². The van der Waals surface area contributed by atoms with Crippen molar-refractivity contribution in [2.45, 2.75) is 64.6 Å². The van der Waals surface area contributed by atoms with Crippen molar-refractivity contribution >= 4 is 11.8 Å². The number of carbonyl (C=O) groups is 1. The van der Waals surface area contributed by atoms with Gasteiger partial charge in [-0.2, -0.15) is 0 Å². The molecule has 122 valence electrons. The minimum absolute atomic E-state index is 0.179. The number of nitrogens with one attached hydrogen (secondary N) is 1. The number of anilines is 1. The summed E-state index contributed by atoms with van der Waals surface area (Å²) in [5, 5.41) is 3.50. The van der Waals surface area contributed by atoms with Gasteiger partial charge in [-0.25, -0.2) is 4.79 Å². The Kier molecular flexibility index (Phi) is 5.33. The number of likely N-dealkylation sites (tertiary alicyclic amines) is 1. The Morgan fingerprint density at radius 1 is 1.36 bits per heavy atom. The largest absolute Gasteiger partial charge is 0.444 e. The summed E-state index contributed by atoms with van der Waals surface area (Å²) >= 11 is 0. The molecule has 1 aromatic carbocycles. The van der Waals surface area contributed by atoms with E-state index in [-0.39, 0.29) is 12.1 Å². The van der Waals surface area contributed by atoms with Crippen LogP contribution >= 0.6 is 0 Å². The molecule has 2 unspecified atom stereocenters. The van der Waals surface area contributed by atoms with Gasteiger partial charge >= 0.3 is 6.09 Å². The average Bonchev–Trinajstić information content (AvgIpc) is 2.86. The predicted molar refractivity (Wildman–Crippen MR) is 90.1 cm³/mol. The van der Waals surface area contributed by atoms with Crippen LogP contribution in [0, 0.1) is 0 Å². The summed E-state index contributed by atoms with van der Waals surface area (Å²) in [5.74, 6) is 0. The van der Waals surface area contributed by atoms with Crippen LogP contribution in [0.4, 0.5) is 10.5 Å². The lowest BCUT2D eigenvalue weighted by Gasteiger charge is -2.30. The SMILES string of the molecule is CC(CC1CCCN1C(=O)OC(C)(C)C)Nc1ccccc1. The third-order valence-corrected chi connectivity index (χ3v) is 3.82. The summed E-state index contributed by atoms with van der Waals surface area (Å²) < 4.78 is 5.52. The normalized spacial score (nSPS) is 19.8. The molecule has 0 bridgehead atoms. The third kappa shape index (κ3) is 4.93. The van der Waals surface area contributed by atoms with Crippen molar-refractivity contribution in [1.82, 2.24) is 4.90 Å². The maximum atomic E-state index is 12.3. The average molecular weight is 304 g/mol. The summed E-state index contributed by atoms with van der Waals surface area (Å²) in [5.41, 5.74) is 0.690. The smallest absolute Gasteiger partial charge is 0.410 e. The molecule has 2 atom stereocenters. The molecule has 0 saturated carbocycles. The van der Waals surface area contributed by atoms with Crippen molar-refractivity contribution in [3.8, 4) is 0 Å². The summed E-state index contributed by atoms with van der Waals surface area (Å²) in [6, 6.07) is 10.8. The molecule has 1 heterocycles. The zero-order chi connectivity index (χ0) is 16.2. The fourth-order valence-corrected chi connectivity index (χ4v) is 2.93. The van der Waals surface area contributed by atoms with Gasteiger partial charge in [0, 0.05) is 24.3 Å². The van der Waals surface area contributed by atoms with E-state index in [4.69, 9.17) is 4.74 Å². The Labute approximate surface area is 133 Å². The van der Waals surface area contributed by atoms with Gasteiger partial charge in [0.15, 0.2) is 0 Å². The van der Waals surface area contributed by atoms with Crippen molar-refractivity contribution in [2.75, 3.05) is 11.9 Å². The molecule has 1 fully saturated rings. The molecule has 0 radical (unpaired) electrons. The van der Waals surface area contributed by atoms with Crippen LogP contribution < -0.4 is 5.32 Å². The lowest BCUT2D eigenvalue weighted by atomic mass is 10.1. The molecule has 1 aliphatic heterocycles. The van der Waals surface area contributed by atoms with E-state index in [1.807, 2.05) is 43.9 Å². The number of hydrogen-bond donors (Lipinski definition) is 1. The second-order valence-electron chi connectivity index (χ2n) is 7.12. The Morgan fingerprint density at radius 2 is 2.05 bits per heavy atom. The molecule has 1 aliphatic rings. The van der Waals surface area contributed by atoms with Gasteiger partial charge in [0.1, 0.15) is 5.60 Å². The Bertz CT molecular complexity index is 482. The van der Waals surface area contributed by atoms with Gasteiger partial charge in [-0.05, 0) is 59.1 Å². The highest BCUT2D eigenvalue weighted by Crippen LogP contribution is 2.25. The summed E-state index contributed by atoms with van der Waals surface area (Å²) in [7, 11) is 0. The number of benzene rings is 1. The topological polar surface area (TPSA) is 41.6 Å². The van der Waals surface area contributed by atoms with E-state index in [0.717, 1.165) is 31.5 Å². The van der Waals surface area contributed by atoms with E-state index in [9.17, 15) is 4.79 Å². The van der Waals surface area contributed by atoms with Crippen molar-refractivity contribution in [3.63, 3.8) is 0 Å². The van der Waals surface area contributed by atoms with Crippen molar-refractivity contribution in [3.05, 3.63) is 30.3 Å². The van der Waals surface area contributed by atoms with E-state index >= 15 is 0 Å². The van der Waals surface area contributed by atoms with E-state index in [1.54, 1.807) is 0 Å². The van der Waals surface area contributed by atoms with Crippen molar-refractivity contribution < 1.29 is 9.53 Å². The minimum Gasteiger partial charge on any atom is -0.444 e. The van der Waals surface area contributed by atoms with Gasteiger partial charge in [-0.3, -0.25) is 0 Å². The first kappa shape index (κ1) is 16.7. The summed E-state index contributed by atoms with van der Waals surface area (Å²) in [4.78, 5) is 14.2. The first-order chi connectivity index (χ1) is 10.3. The van der Waals surface area contributed by atoms with E-state index < -0.39 is 5.60 Å². The van der Waals surface area contributed by atoms with Crippen LogP contribution in [-0.2, 0) is 4.74 Å². The maximum absolute atomic E-state index is 12.3. The third-order valence-electron chi connectivity index (χ3n) is 3.82. The van der Waals surface area contributed by atoms with Crippen LogP contribution in [0.15, 0.2) is 30.3 Å². The van der Waals surface area contributed by atoms with Gasteiger partial charge < -0.3 is 15.0 Å². The fourth-order valence-electron chi connectivity index (χ4n) is 2.93. The van der Waals surface area contributed by atoms with E-state index in [0.29, 0.717) is 6.04 Å². The van der Waals surface area contributed by atoms with Gasteiger partial charge in [-0.15, -0.1) is 0 Å². The zero-order valence-corrected chi connectivity index (χ0v) is 14.1. The fraction of sp³-hybridized carbons (Fsp3) is 0.611. The molecule has 4 nitrogen and oxygen atoms in total. The Balaban J connectivity index is 1.89. The number of carbonyl (C=O) groups excluding carboxylic acids is 1. The second kappa shape index (κ2) is 7.03. The van der Waals surface area contributed by atoms with E-state index in [1.165, 1.54) is 0 Å². The summed E-state index contributed by atoms with van der Waals surface area (Å²) in [6.45, 7) is 8.71. The quantitative estimate of drug-likeness (QED) is 0.903. The number of ether oxygens (including phenoxy) is 1. The van der Waals surface area contributed by atoms with Crippen molar-refractivity contribution in [2.24, 2.45) is 0 Å². The highest BCUT2D eigenvalue weighted by atomic mass is 16.6. The predicted octanol–water partition coefficient (Wildman–Crippen LogP) is 4.28. The molecule has 4 heteroatoms. The van der Waals surface area contributed by atoms with Gasteiger partial charge in [0.25, 0.3) is 0 Å². The van der Waals surface area contributed by atoms with Crippen LogP contribution in [0.2, 0.25) is 0 Å². The number of rotatable bonds is 4. The molecular weight excluding hydrogens is 276 g/mol. The van der Waals surface area contributed by atoms with Crippen molar-refractivity contribution in [1.29, 1.82) is 0 Å². The molecule has 0 aromatic heterocycles. The van der Waals surface area contributed by atoms with Crippen LogP contribution in [0.1, 0.15) is 47.0 Å². The lowest BCUT2D eigenvalue weighted by molar-refractivity contribution is 0.0218. The molecule has 1 saturated heterocycles. The van der Waals surface area contributed by atoms with Gasteiger partial charge in [-0.1, -0.05) is 18.2 Å². The van der Waals surface area contributed by atoms with Crippen LogP contribution in [0.3, 0.4) is 0 Å². The number of hydrogen-bond acceptors (Lipinski definition) is 3. The molecule has 2 rings (SSSR count). The highest BCUT2D eigenvalue weighted by Gasteiger charge is 2.32. The monoisotopic (exact) mass is 304 g/mol. The number of amides is 1. The first-order valence-electron chi connectivity index (χ1n) is 8.16. The van der Waals surface area contributed by atoms with Crippen LogP contribution in [0.5, 0.6) is 0 Å². The van der Waals surface area contributed by atoms with E-state index in [2.05, 4.69) is 24.4 Å². The minimum atomic E-state index is -0.432. The van der Waals surface area contributed by atoms with Crippen LogP contribution in [-0.4, -0.2) is 35.2 Å². The molecule has 1 amide bonds. The summed E-state index contributed by atoms with van der Waals surface area (Å²) in [6.07, 6.45) is 2.87. The molecule has 0 spiro atoms. The Morgan fingerprint density at radius 3 is 2.68 bits per heavy atom. The molecule has 1 N–H and O–H groups in total. The van der Waals surface area contributed by atoms with Gasteiger partial charge in [0.2, 0.25) is 0 Å². The molecular formula is C18H28N2O2. The number of para-hydroxylation sites is 1. The Hall–Kier alpha value is -1.71. The zero-order valence-electron chi connectivity index (χ0n) is 14.1. The molecule has 1 aromatic rings. The lowest BCUT2D eigenvalue weighted by Crippen LogP contribution is -2.41. The first-order valence-corrected chi connectivity index (χ1v) is 8.16. The second-order valence-corrected chi connectivity index (χ2v) is 7.12. The molecule has 22 heavy (non-hydrogen) atoms. The highest BCUT2D eigenvalue weighted by molar-refractivity contribution is 5.69. The maximum Gasteiger partial charge on any atom is 0.410 e. The van der Waals surface area contributed by atoms with Crippen LogP contribution in [0.25, 0.3) is 0 Å². The standard InChI is InChI=1S/C18H28N2O2/c1-14(19-15-9-6-5-7-10-15)13-16-11-8-12-20(16)17(21)22-18(2,3)4/h5-7,9-10,14,16,19H,8,11-13H2,1-4H3. The number of nitrogens with zero attached hydrogens (tertiary/aromatic N) is 1.